The van der Waals surface area contributed by atoms with Crippen molar-refractivity contribution in [1.29, 1.82) is 0 Å². The molecule has 7 nitrogen and oxygen atoms in total. The third-order valence-electron chi connectivity index (χ3n) is 4.67. The van der Waals surface area contributed by atoms with Gasteiger partial charge in [0.25, 0.3) is 0 Å². The molecular weight excluding hydrogens is 350 g/mol. The van der Waals surface area contributed by atoms with E-state index in [1.165, 1.54) is 0 Å². The summed E-state index contributed by atoms with van der Waals surface area (Å²) in [6.07, 6.45) is 1.21. The highest BCUT2D eigenvalue weighted by atomic mass is 16.7. The fourth-order valence-corrected chi connectivity index (χ4v) is 3.33. The van der Waals surface area contributed by atoms with Crippen LogP contribution in [-0.4, -0.2) is 39.9 Å². The largest absolute Gasteiger partial charge is 0.497 e. The summed E-state index contributed by atoms with van der Waals surface area (Å²) in [4.78, 5) is 5.66. The summed E-state index contributed by atoms with van der Waals surface area (Å²) in [6, 6.07) is 9.69. The summed E-state index contributed by atoms with van der Waals surface area (Å²) in [5.74, 6) is 3.21. The molecular formula is C20H21NO6. The Morgan fingerprint density at radius 2 is 1.78 bits per heavy atom. The van der Waals surface area contributed by atoms with E-state index in [2.05, 4.69) is 5.16 Å². The Hall–Kier alpha value is -3.09. The van der Waals surface area contributed by atoms with Crippen LogP contribution in [0.4, 0.5) is 0 Å². The molecule has 2 aromatic rings. The number of oxime groups is 1. The molecule has 0 aliphatic carbocycles. The molecule has 7 heteroatoms. The van der Waals surface area contributed by atoms with Crippen molar-refractivity contribution in [2.75, 3.05) is 28.1 Å². The van der Waals surface area contributed by atoms with Gasteiger partial charge in [0.1, 0.15) is 11.9 Å². The number of nitrogens with zero attached hydrogens (tertiary/aromatic N) is 1. The van der Waals surface area contributed by atoms with Gasteiger partial charge in [-0.1, -0.05) is 5.16 Å². The van der Waals surface area contributed by atoms with Crippen LogP contribution in [0.25, 0.3) is 0 Å². The van der Waals surface area contributed by atoms with Gasteiger partial charge in [-0.2, -0.15) is 0 Å². The smallest absolute Gasteiger partial charge is 0.231 e. The van der Waals surface area contributed by atoms with E-state index in [0.717, 1.165) is 22.6 Å². The van der Waals surface area contributed by atoms with Crippen LogP contribution in [0.5, 0.6) is 28.7 Å². The number of ether oxygens (including phenoxy) is 5. The zero-order chi connectivity index (χ0) is 18.8. The average molecular weight is 371 g/mol. The summed E-state index contributed by atoms with van der Waals surface area (Å²) in [5.41, 5.74) is 2.86. The molecule has 142 valence electrons. The van der Waals surface area contributed by atoms with Crippen molar-refractivity contribution < 1.29 is 28.5 Å². The minimum absolute atomic E-state index is 0.0962. The Bertz CT molecular complexity index is 862. The van der Waals surface area contributed by atoms with Gasteiger partial charge in [-0.15, -0.1) is 0 Å². The molecule has 2 aromatic carbocycles. The first-order valence-corrected chi connectivity index (χ1v) is 8.64. The maximum Gasteiger partial charge on any atom is 0.231 e. The molecule has 0 saturated heterocycles. The molecule has 0 radical (unpaired) electrons. The molecule has 0 bridgehead atoms. The van der Waals surface area contributed by atoms with E-state index in [1.807, 2.05) is 30.3 Å². The van der Waals surface area contributed by atoms with Crippen molar-refractivity contribution in [1.82, 2.24) is 0 Å². The lowest BCUT2D eigenvalue weighted by atomic mass is 9.99. The van der Waals surface area contributed by atoms with Crippen LogP contribution in [0, 0.1) is 0 Å². The van der Waals surface area contributed by atoms with Gasteiger partial charge in [0, 0.05) is 18.4 Å². The third kappa shape index (κ3) is 3.20. The van der Waals surface area contributed by atoms with Gasteiger partial charge in [-0.25, -0.2) is 0 Å². The van der Waals surface area contributed by atoms with Gasteiger partial charge in [-0.05, 0) is 35.9 Å². The first kappa shape index (κ1) is 17.3. The zero-order valence-corrected chi connectivity index (χ0v) is 15.5. The number of fused-ring (bicyclic) bond motifs is 1. The van der Waals surface area contributed by atoms with E-state index in [-0.39, 0.29) is 12.9 Å². The highest BCUT2D eigenvalue weighted by Gasteiger charge is 2.30. The summed E-state index contributed by atoms with van der Waals surface area (Å²) in [6.45, 7) is 0.149. The average Bonchev–Trinajstić information content (AvgIpc) is 3.37. The lowest BCUT2D eigenvalue weighted by Crippen LogP contribution is -2.13. The van der Waals surface area contributed by atoms with Crippen LogP contribution in [0.3, 0.4) is 0 Å². The highest BCUT2D eigenvalue weighted by molar-refractivity contribution is 6.01. The second-order valence-corrected chi connectivity index (χ2v) is 6.24. The molecule has 27 heavy (non-hydrogen) atoms. The van der Waals surface area contributed by atoms with Gasteiger partial charge in [-0.3, -0.25) is 0 Å². The predicted molar refractivity (Wildman–Crippen MR) is 98.4 cm³/mol. The SMILES string of the molecule is COc1ccc(C2=NO[C@@H](Cc3cc(OC)c4c(c3OC)OCO4)C2)cc1. The van der Waals surface area contributed by atoms with Crippen LogP contribution in [0.2, 0.25) is 0 Å². The fraction of sp³-hybridized carbons (Fsp3) is 0.350. The van der Waals surface area contributed by atoms with Crippen molar-refractivity contribution in [3.8, 4) is 28.7 Å². The Morgan fingerprint density at radius 1 is 1.00 bits per heavy atom. The monoisotopic (exact) mass is 371 g/mol. The number of rotatable bonds is 6. The fourth-order valence-electron chi connectivity index (χ4n) is 3.33. The normalized spacial score (nSPS) is 17.3. The second kappa shape index (κ2) is 7.26. The molecule has 0 saturated carbocycles. The first-order chi connectivity index (χ1) is 13.2. The molecule has 0 fully saturated rings. The lowest BCUT2D eigenvalue weighted by Gasteiger charge is -2.15. The van der Waals surface area contributed by atoms with E-state index >= 15 is 0 Å². The van der Waals surface area contributed by atoms with Crippen molar-refractivity contribution in [2.45, 2.75) is 18.9 Å². The molecule has 2 aliphatic heterocycles. The van der Waals surface area contributed by atoms with Crippen molar-refractivity contribution in [2.24, 2.45) is 5.16 Å². The summed E-state index contributed by atoms with van der Waals surface area (Å²) >= 11 is 0. The molecule has 0 aromatic heterocycles. The molecule has 0 unspecified atom stereocenters. The predicted octanol–water partition coefficient (Wildman–Crippen LogP) is 3.18. The van der Waals surface area contributed by atoms with Crippen LogP contribution in [-0.2, 0) is 11.3 Å². The number of benzene rings is 2. The van der Waals surface area contributed by atoms with Crippen molar-refractivity contribution >= 4 is 5.71 Å². The maximum atomic E-state index is 5.66. The molecule has 4 rings (SSSR count). The minimum atomic E-state index is -0.0962. The highest BCUT2D eigenvalue weighted by Crippen LogP contribution is 2.50. The second-order valence-electron chi connectivity index (χ2n) is 6.24. The number of hydrogen-bond donors (Lipinski definition) is 0. The van der Waals surface area contributed by atoms with Gasteiger partial charge >= 0.3 is 0 Å². The quantitative estimate of drug-likeness (QED) is 0.777. The van der Waals surface area contributed by atoms with Crippen LogP contribution < -0.4 is 23.7 Å². The van der Waals surface area contributed by atoms with Gasteiger partial charge in [0.05, 0.1) is 27.0 Å². The first-order valence-electron chi connectivity index (χ1n) is 8.64. The Balaban J connectivity index is 1.52. The van der Waals surface area contributed by atoms with Gasteiger partial charge in [0.15, 0.2) is 11.5 Å². The van der Waals surface area contributed by atoms with Crippen LogP contribution in [0.15, 0.2) is 35.5 Å². The van der Waals surface area contributed by atoms with Crippen LogP contribution in [0.1, 0.15) is 17.5 Å². The van der Waals surface area contributed by atoms with E-state index in [1.54, 1.807) is 21.3 Å². The number of hydrogen-bond acceptors (Lipinski definition) is 7. The number of methoxy groups -OCH3 is 3. The molecule has 2 aliphatic rings. The van der Waals surface area contributed by atoms with E-state index in [9.17, 15) is 0 Å². The summed E-state index contributed by atoms with van der Waals surface area (Å²) < 4.78 is 27.3. The van der Waals surface area contributed by atoms with Crippen molar-refractivity contribution in [3.05, 3.63) is 41.5 Å². The van der Waals surface area contributed by atoms with Gasteiger partial charge in [0.2, 0.25) is 18.3 Å². The molecule has 0 N–H and O–H groups in total. The van der Waals surface area contributed by atoms with E-state index < -0.39 is 0 Å². The third-order valence-corrected chi connectivity index (χ3v) is 4.67. The van der Waals surface area contributed by atoms with Crippen LogP contribution >= 0.6 is 0 Å². The Morgan fingerprint density at radius 3 is 2.48 bits per heavy atom. The summed E-state index contributed by atoms with van der Waals surface area (Å²) in [5, 5.41) is 4.26. The van der Waals surface area contributed by atoms with E-state index in [4.69, 9.17) is 28.5 Å². The topological polar surface area (TPSA) is 67.7 Å². The molecule has 1 atom stereocenters. The Labute approximate surface area is 157 Å². The molecule has 2 heterocycles. The molecule has 0 spiro atoms. The Kier molecular flexibility index (Phi) is 4.66. The van der Waals surface area contributed by atoms with Gasteiger partial charge < -0.3 is 28.5 Å². The lowest BCUT2D eigenvalue weighted by molar-refractivity contribution is 0.0853. The standard InChI is InChI=1S/C20H21NO6/c1-22-14-6-4-12(5-7-14)16-10-15(27-21-16)8-13-9-17(23-2)19-20(18(13)24-3)26-11-25-19/h4-7,9,15H,8,10-11H2,1-3H3/t15-/m0/s1. The minimum Gasteiger partial charge on any atom is -0.497 e. The molecule has 0 amide bonds. The van der Waals surface area contributed by atoms with E-state index in [0.29, 0.717) is 35.8 Å². The van der Waals surface area contributed by atoms with Crippen molar-refractivity contribution in [3.63, 3.8) is 0 Å². The maximum absolute atomic E-state index is 5.66. The summed E-state index contributed by atoms with van der Waals surface area (Å²) in [7, 11) is 4.86. The zero-order valence-electron chi connectivity index (χ0n) is 15.5.